The van der Waals surface area contributed by atoms with Crippen molar-refractivity contribution in [3.63, 3.8) is 0 Å². The highest BCUT2D eigenvalue weighted by molar-refractivity contribution is 7.80. The lowest BCUT2D eigenvalue weighted by Crippen LogP contribution is -2.44. The van der Waals surface area contributed by atoms with Crippen molar-refractivity contribution in [3.8, 4) is 0 Å². The predicted octanol–water partition coefficient (Wildman–Crippen LogP) is 1.58. The maximum atomic E-state index is 5.48. The summed E-state index contributed by atoms with van der Waals surface area (Å²) in [6.07, 6.45) is 8.12. The zero-order valence-electron chi connectivity index (χ0n) is 10.5. The maximum Gasteiger partial charge on any atom is 0.169 e. The molecule has 17 heavy (non-hydrogen) atoms. The van der Waals surface area contributed by atoms with Gasteiger partial charge in [0, 0.05) is 25.2 Å². The van der Waals surface area contributed by atoms with Gasteiger partial charge < -0.3 is 10.2 Å². The molecule has 0 aromatic rings. The fourth-order valence-electron chi connectivity index (χ4n) is 3.00. The Hall–Kier alpha value is -0.350. The van der Waals surface area contributed by atoms with E-state index < -0.39 is 0 Å². The van der Waals surface area contributed by atoms with Crippen molar-refractivity contribution in [3.05, 3.63) is 0 Å². The minimum absolute atomic E-state index is 0.691. The second-order valence-corrected chi connectivity index (χ2v) is 6.10. The summed E-state index contributed by atoms with van der Waals surface area (Å²) in [6, 6.07) is 1.45. The van der Waals surface area contributed by atoms with Gasteiger partial charge in [0.25, 0.3) is 0 Å². The molecular weight excluding hydrogens is 230 g/mol. The number of thiocarbonyl (C=S) groups is 1. The molecule has 0 bridgehead atoms. The van der Waals surface area contributed by atoms with E-state index in [0.717, 1.165) is 24.2 Å². The number of hydrogen-bond acceptors (Lipinski definition) is 2. The van der Waals surface area contributed by atoms with Crippen LogP contribution in [0.5, 0.6) is 0 Å². The molecule has 1 atom stereocenters. The van der Waals surface area contributed by atoms with Gasteiger partial charge in [0.2, 0.25) is 0 Å². The Morgan fingerprint density at radius 3 is 2.47 bits per heavy atom. The van der Waals surface area contributed by atoms with Crippen LogP contribution in [0.25, 0.3) is 0 Å². The molecule has 1 unspecified atom stereocenters. The molecule has 3 aliphatic rings. The third-order valence-corrected chi connectivity index (χ3v) is 4.64. The molecular formula is C13H23N3S. The van der Waals surface area contributed by atoms with Crippen molar-refractivity contribution >= 4 is 17.3 Å². The van der Waals surface area contributed by atoms with Crippen LogP contribution in [-0.2, 0) is 0 Å². The largest absolute Gasteiger partial charge is 0.360 e. The first-order valence-electron chi connectivity index (χ1n) is 7.12. The second kappa shape index (κ2) is 5.11. The first-order valence-corrected chi connectivity index (χ1v) is 7.53. The van der Waals surface area contributed by atoms with Gasteiger partial charge in [-0.2, -0.15) is 0 Å². The van der Waals surface area contributed by atoms with E-state index in [-0.39, 0.29) is 0 Å². The lowest BCUT2D eigenvalue weighted by molar-refractivity contribution is 0.169. The molecule has 1 saturated carbocycles. The summed E-state index contributed by atoms with van der Waals surface area (Å²) < 4.78 is 0. The molecule has 96 valence electrons. The van der Waals surface area contributed by atoms with Gasteiger partial charge in [0.05, 0.1) is 0 Å². The highest BCUT2D eigenvalue weighted by atomic mass is 32.1. The molecule has 2 saturated heterocycles. The Labute approximate surface area is 110 Å². The summed E-state index contributed by atoms with van der Waals surface area (Å²) in [7, 11) is 0. The van der Waals surface area contributed by atoms with Gasteiger partial charge in [0.15, 0.2) is 5.11 Å². The van der Waals surface area contributed by atoms with Crippen LogP contribution < -0.4 is 5.32 Å². The van der Waals surface area contributed by atoms with Crippen molar-refractivity contribution < 1.29 is 0 Å². The van der Waals surface area contributed by atoms with Crippen LogP contribution in [0.2, 0.25) is 0 Å². The van der Waals surface area contributed by atoms with Crippen molar-refractivity contribution in [1.82, 2.24) is 15.1 Å². The van der Waals surface area contributed by atoms with Crippen LogP contribution in [0, 0.1) is 0 Å². The molecule has 0 amide bonds. The zero-order chi connectivity index (χ0) is 11.7. The van der Waals surface area contributed by atoms with Crippen molar-refractivity contribution in [2.75, 3.05) is 26.2 Å². The maximum absolute atomic E-state index is 5.48. The van der Waals surface area contributed by atoms with Gasteiger partial charge in [-0.25, -0.2) is 0 Å². The van der Waals surface area contributed by atoms with Gasteiger partial charge >= 0.3 is 0 Å². The Morgan fingerprint density at radius 2 is 1.76 bits per heavy atom. The van der Waals surface area contributed by atoms with Crippen LogP contribution in [0.4, 0.5) is 0 Å². The minimum Gasteiger partial charge on any atom is -0.360 e. The quantitative estimate of drug-likeness (QED) is 0.753. The number of likely N-dealkylation sites (tertiary alicyclic amines) is 2. The fourth-order valence-corrected chi connectivity index (χ4v) is 3.33. The van der Waals surface area contributed by atoms with Gasteiger partial charge in [-0.15, -0.1) is 0 Å². The summed E-state index contributed by atoms with van der Waals surface area (Å²) in [4.78, 5) is 5.07. The van der Waals surface area contributed by atoms with Gasteiger partial charge in [-0.3, -0.25) is 4.90 Å². The molecule has 0 radical (unpaired) electrons. The average molecular weight is 253 g/mol. The van der Waals surface area contributed by atoms with Crippen molar-refractivity contribution in [1.29, 1.82) is 0 Å². The smallest absolute Gasteiger partial charge is 0.169 e. The average Bonchev–Trinajstić information content (AvgIpc) is 3.04. The van der Waals surface area contributed by atoms with E-state index in [0.29, 0.717) is 6.04 Å². The first-order chi connectivity index (χ1) is 8.33. The Kier molecular flexibility index (Phi) is 3.52. The van der Waals surface area contributed by atoms with Crippen LogP contribution >= 0.6 is 12.2 Å². The summed E-state index contributed by atoms with van der Waals surface area (Å²) >= 11 is 5.48. The minimum atomic E-state index is 0.691. The lowest BCUT2D eigenvalue weighted by atomic mass is 10.1. The molecule has 4 heteroatoms. The molecule has 3 fully saturated rings. The van der Waals surface area contributed by atoms with E-state index >= 15 is 0 Å². The topological polar surface area (TPSA) is 18.5 Å². The summed E-state index contributed by atoms with van der Waals surface area (Å²) in [5.41, 5.74) is 0. The normalized spacial score (nSPS) is 30.6. The third-order valence-electron chi connectivity index (χ3n) is 4.26. The molecule has 2 aliphatic heterocycles. The van der Waals surface area contributed by atoms with Gasteiger partial charge in [-0.1, -0.05) is 6.42 Å². The third kappa shape index (κ3) is 2.91. The fraction of sp³-hybridized carbons (Fsp3) is 0.923. The monoisotopic (exact) mass is 253 g/mol. The molecule has 3 rings (SSSR count). The highest BCUT2D eigenvalue weighted by Gasteiger charge is 2.31. The van der Waals surface area contributed by atoms with E-state index in [1.807, 2.05) is 0 Å². The summed E-state index contributed by atoms with van der Waals surface area (Å²) in [5.74, 6) is 0. The number of rotatable bonds is 2. The Balaban J connectivity index is 1.48. The van der Waals surface area contributed by atoms with Crippen LogP contribution in [-0.4, -0.2) is 53.2 Å². The number of piperidine rings is 1. The summed E-state index contributed by atoms with van der Waals surface area (Å²) in [5, 5.41) is 4.46. The van der Waals surface area contributed by atoms with E-state index in [1.54, 1.807) is 0 Å². The van der Waals surface area contributed by atoms with Crippen molar-refractivity contribution in [2.24, 2.45) is 0 Å². The predicted molar refractivity (Wildman–Crippen MR) is 74.2 cm³/mol. The number of nitrogens with one attached hydrogen (secondary N) is 1. The SMILES string of the molecule is S=C(NC1CC1)N1CCC(N2CCCCC2)C1. The first kappa shape index (κ1) is 11.7. The Bertz CT molecular complexity index is 284. The molecule has 1 N–H and O–H groups in total. The number of hydrogen-bond donors (Lipinski definition) is 1. The van der Waals surface area contributed by atoms with E-state index in [4.69, 9.17) is 12.2 Å². The molecule has 0 aromatic carbocycles. The standard InChI is InChI=1S/C13H23N3S/c17-13(14-11-4-5-11)16-9-6-12(10-16)15-7-2-1-3-8-15/h11-12H,1-10H2,(H,14,17). The van der Waals surface area contributed by atoms with Crippen LogP contribution in [0.15, 0.2) is 0 Å². The van der Waals surface area contributed by atoms with Gasteiger partial charge in [0.1, 0.15) is 0 Å². The molecule has 2 heterocycles. The van der Waals surface area contributed by atoms with E-state index in [9.17, 15) is 0 Å². The van der Waals surface area contributed by atoms with E-state index in [1.165, 1.54) is 51.6 Å². The molecule has 0 aromatic heterocycles. The second-order valence-electron chi connectivity index (χ2n) is 5.71. The molecule has 0 spiro atoms. The van der Waals surface area contributed by atoms with Crippen LogP contribution in [0.3, 0.4) is 0 Å². The van der Waals surface area contributed by atoms with Crippen LogP contribution in [0.1, 0.15) is 38.5 Å². The lowest BCUT2D eigenvalue weighted by Gasteiger charge is -2.32. The Morgan fingerprint density at radius 1 is 1.00 bits per heavy atom. The van der Waals surface area contributed by atoms with Gasteiger partial charge in [-0.05, 0) is 57.4 Å². The highest BCUT2D eigenvalue weighted by Crippen LogP contribution is 2.22. The van der Waals surface area contributed by atoms with Crippen molar-refractivity contribution in [2.45, 2.75) is 50.6 Å². The molecule has 1 aliphatic carbocycles. The summed E-state index contributed by atoms with van der Waals surface area (Å²) in [6.45, 7) is 4.92. The zero-order valence-corrected chi connectivity index (χ0v) is 11.3. The van der Waals surface area contributed by atoms with E-state index in [2.05, 4.69) is 15.1 Å². The number of nitrogens with zero attached hydrogens (tertiary/aromatic N) is 2. The molecule has 3 nitrogen and oxygen atoms in total.